The summed E-state index contributed by atoms with van der Waals surface area (Å²) in [5.74, 6) is 0.428. The molecule has 0 aliphatic heterocycles. The van der Waals surface area contributed by atoms with E-state index in [-0.39, 0.29) is 12.1 Å². The summed E-state index contributed by atoms with van der Waals surface area (Å²) in [7, 11) is 0. The molecule has 0 aliphatic rings. The number of nitriles is 1. The van der Waals surface area contributed by atoms with Gasteiger partial charge in [0.25, 0.3) is 5.56 Å². The van der Waals surface area contributed by atoms with Gasteiger partial charge in [-0.25, -0.2) is 4.98 Å². The molecule has 0 amide bonds. The summed E-state index contributed by atoms with van der Waals surface area (Å²) in [6, 6.07) is 8.99. The van der Waals surface area contributed by atoms with Crippen LogP contribution in [-0.2, 0) is 6.54 Å². The number of nitrogens with zero attached hydrogens (tertiary/aromatic N) is 3. The lowest BCUT2D eigenvalue weighted by atomic mass is 10.2. The molecule has 1 heterocycles. The summed E-state index contributed by atoms with van der Waals surface area (Å²) in [6.45, 7) is 1.69. The second-order valence-electron chi connectivity index (χ2n) is 3.65. The summed E-state index contributed by atoms with van der Waals surface area (Å²) in [4.78, 5) is 16.5. The minimum Gasteiger partial charge on any atom is -0.281 e. The van der Waals surface area contributed by atoms with Crippen LogP contribution in [0.5, 0.6) is 0 Å². The summed E-state index contributed by atoms with van der Waals surface area (Å²) >= 11 is 5.98. The Bertz CT molecular complexity index is 655. The van der Waals surface area contributed by atoms with E-state index in [4.69, 9.17) is 16.9 Å². The fourth-order valence-corrected chi connectivity index (χ4v) is 1.88. The van der Waals surface area contributed by atoms with E-state index < -0.39 is 5.38 Å². The third-order valence-electron chi connectivity index (χ3n) is 2.48. The van der Waals surface area contributed by atoms with Crippen molar-refractivity contribution in [1.82, 2.24) is 9.55 Å². The number of hydrogen-bond donors (Lipinski definition) is 0. The molecule has 0 N–H and O–H groups in total. The molecule has 0 saturated heterocycles. The Morgan fingerprint density at radius 2 is 2.24 bits per heavy atom. The van der Waals surface area contributed by atoms with Gasteiger partial charge in [0.05, 0.1) is 22.3 Å². The fourth-order valence-electron chi connectivity index (χ4n) is 1.71. The third kappa shape index (κ3) is 2.02. The first-order valence-electron chi connectivity index (χ1n) is 5.15. The Kier molecular flexibility index (Phi) is 3.12. The van der Waals surface area contributed by atoms with E-state index in [1.54, 1.807) is 25.1 Å². The van der Waals surface area contributed by atoms with Crippen molar-refractivity contribution in [2.75, 3.05) is 0 Å². The molecule has 1 aromatic heterocycles. The molecule has 1 atom stereocenters. The Morgan fingerprint density at radius 1 is 1.53 bits per heavy atom. The number of alkyl halides is 1. The van der Waals surface area contributed by atoms with Crippen molar-refractivity contribution < 1.29 is 0 Å². The molecule has 0 fully saturated rings. The van der Waals surface area contributed by atoms with Crippen LogP contribution in [0.1, 0.15) is 18.1 Å². The molecule has 0 unspecified atom stereocenters. The van der Waals surface area contributed by atoms with E-state index in [1.807, 2.05) is 12.1 Å². The quantitative estimate of drug-likeness (QED) is 0.765. The molecule has 5 heteroatoms. The minimum atomic E-state index is -0.416. The highest BCUT2D eigenvalue weighted by molar-refractivity contribution is 6.20. The van der Waals surface area contributed by atoms with E-state index in [2.05, 4.69) is 4.98 Å². The molecule has 2 rings (SSSR count). The van der Waals surface area contributed by atoms with Gasteiger partial charge in [0.15, 0.2) is 0 Å². The highest BCUT2D eigenvalue weighted by atomic mass is 35.5. The zero-order chi connectivity index (χ0) is 12.4. The number of fused-ring (bicyclic) bond motifs is 1. The van der Waals surface area contributed by atoms with E-state index in [0.29, 0.717) is 16.7 Å². The molecular weight excluding hydrogens is 238 g/mol. The van der Waals surface area contributed by atoms with Gasteiger partial charge in [-0.1, -0.05) is 12.1 Å². The highest BCUT2D eigenvalue weighted by Crippen LogP contribution is 2.18. The molecule has 2 aromatic rings. The molecular formula is C12H10ClN3O. The first kappa shape index (κ1) is 11.6. The Hall–Kier alpha value is -1.86. The van der Waals surface area contributed by atoms with Crippen LogP contribution in [0.4, 0.5) is 0 Å². The molecule has 0 bridgehead atoms. The number of rotatable bonds is 2. The lowest BCUT2D eigenvalue weighted by Gasteiger charge is -2.11. The average molecular weight is 248 g/mol. The standard InChI is InChI=1S/C12H10ClN3O/c1-8(13)11-15-10-5-3-2-4-9(10)12(17)16(11)7-6-14/h2-5,8H,7H2,1H3/t8-/m0/s1. The van der Waals surface area contributed by atoms with Gasteiger partial charge in [-0.05, 0) is 19.1 Å². The molecule has 0 spiro atoms. The number of halogens is 1. The molecule has 17 heavy (non-hydrogen) atoms. The van der Waals surface area contributed by atoms with E-state index in [9.17, 15) is 4.79 Å². The maximum Gasteiger partial charge on any atom is 0.262 e. The van der Waals surface area contributed by atoms with Crippen molar-refractivity contribution in [3.05, 3.63) is 40.4 Å². The van der Waals surface area contributed by atoms with Gasteiger partial charge in [0, 0.05) is 0 Å². The van der Waals surface area contributed by atoms with Gasteiger partial charge < -0.3 is 0 Å². The second-order valence-corrected chi connectivity index (χ2v) is 4.31. The Morgan fingerprint density at radius 3 is 2.88 bits per heavy atom. The number of aromatic nitrogens is 2. The van der Waals surface area contributed by atoms with Crippen LogP contribution < -0.4 is 5.56 Å². The van der Waals surface area contributed by atoms with Crippen LogP contribution in [-0.4, -0.2) is 9.55 Å². The summed E-state index contributed by atoms with van der Waals surface area (Å²) in [5, 5.41) is 8.83. The highest BCUT2D eigenvalue weighted by Gasteiger charge is 2.14. The van der Waals surface area contributed by atoms with Crippen molar-refractivity contribution >= 4 is 22.5 Å². The SMILES string of the molecule is C[C@H](Cl)c1nc2ccccc2c(=O)n1CC#N. The lowest BCUT2D eigenvalue weighted by Crippen LogP contribution is -2.25. The molecule has 0 saturated carbocycles. The van der Waals surface area contributed by atoms with E-state index >= 15 is 0 Å². The smallest absolute Gasteiger partial charge is 0.262 e. The van der Waals surface area contributed by atoms with Gasteiger partial charge in [-0.3, -0.25) is 9.36 Å². The van der Waals surface area contributed by atoms with Crippen molar-refractivity contribution in [3.8, 4) is 6.07 Å². The van der Waals surface area contributed by atoms with Gasteiger partial charge in [0.1, 0.15) is 12.4 Å². The second kappa shape index (κ2) is 4.56. The van der Waals surface area contributed by atoms with Crippen molar-refractivity contribution in [1.29, 1.82) is 5.26 Å². The average Bonchev–Trinajstić information content (AvgIpc) is 2.32. The minimum absolute atomic E-state index is 0.0386. The van der Waals surface area contributed by atoms with Crippen LogP contribution in [0.25, 0.3) is 10.9 Å². The van der Waals surface area contributed by atoms with Crippen molar-refractivity contribution in [2.45, 2.75) is 18.8 Å². The zero-order valence-electron chi connectivity index (χ0n) is 9.22. The van der Waals surface area contributed by atoms with Crippen LogP contribution in [0.2, 0.25) is 0 Å². The fraction of sp³-hybridized carbons (Fsp3) is 0.250. The van der Waals surface area contributed by atoms with E-state index in [1.165, 1.54) is 4.57 Å². The predicted octanol–water partition coefficient (Wildman–Crippen LogP) is 2.22. The van der Waals surface area contributed by atoms with Crippen molar-refractivity contribution in [3.63, 3.8) is 0 Å². The van der Waals surface area contributed by atoms with Crippen LogP contribution >= 0.6 is 11.6 Å². The molecule has 4 nitrogen and oxygen atoms in total. The van der Waals surface area contributed by atoms with Gasteiger partial charge in [-0.15, -0.1) is 11.6 Å². The van der Waals surface area contributed by atoms with Gasteiger partial charge in [-0.2, -0.15) is 5.26 Å². The largest absolute Gasteiger partial charge is 0.281 e. The monoisotopic (exact) mass is 247 g/mol. The maximum atomic E-state index is 12.2. The molecule has 0 aliphatic carbocycles. The van der Waals surface area contributed by atoms with Crippen LogP contribution in [0, 0.1) is 11.3 Å². The van der Waals surface area contributed by atoms with Crippen LogP contribution in [0.3, 0.4) is 0 Å². The lowest BCUT2D eigenvalue weighted by molar-refractivity contribution is 0.697. The zero-order valence-corrected chi connectivity index (χ0v) is 9.98. The van der Waals surface area contributed by atoms with Crippen molar-refractivity contribution in [2.24, 2.45) is 0 Å². The summed E-state index contributed by atoms with van der Waals surface area (Å²) < 4.78 is 1.32. The predicted molar refractivity (Wildman–Crippen MR) is 65.9 cm³/mol. The summed E-state index contributed by atoms with van der Waals surface area (Å²) in [6.07, 6.45) is 0. The Balaban J connectivity index is 2.85. The topological polar surface area (TPSA) is 58.7 Å². The van der Waals surface area contributed by atoms with E-state index in [0.717, 1.165) is 0 Å². The first-order chi connectivity index (χ1) is 8.15. The number of para-hydroxylation sites is 1. The Labute approximate surface area is 103 Å². The normalized spacial score (nSPS) is 12.3. The van der Waals surface area contributed by atoms with Gasteiger partial charge >= 0.3 is 0 Å². The number of hydrogen-bond acceptors (Lipinski definition) is 3. The third-order valence-corrected chi connectivity index (χ3v) is 2.67. The number of benzene rings is 1. The molecule has 0 radical (unpaired) electrons. The van der Waals surface area contributed by atoms with Crippen LogP contribution in [0.15, 0.2) is 29.1 Å². The summed E-state index contributed by atoms with van der Waals surface area (Å²) in [5.41, 5.74) is 0.383. The maximum absolute atomic E-state index is 12.2. The van der Waals surface area contributed by atoms with Gasteiger partial charge in [0.2, 0.25) is 0 Å². The first-order valence-corrected chi connectivity index (χ1v) is 5.59. The molecule has 86 valence electrons. The molecule has 1 aromatic carbocycles.